The predicted octanol–water partition coefficient (Wildman–Crippen LogP) is 2.81. The number of aliphatic hydroxyl groups excluding tert-OH is 1. The zero-order valence-electron chi connectivity index (χ0n) is 10.7. The Morgan fingerprint density at radius 3 is 2.63 bits per heavy atom. The highest BCUT2D eigenvalue weighted by Gasteiger charge is 2.31. The molecule has 0 aliphatic heterocycles. The monoisotopic (exact) mass is 299 g/mol. The molecule has 1 N–H and O–H groups in total. The molecule has 0 bridgehead atoms. The predicted molar refractivity (Wildman–Crippen MR) is 78.6 cm³/mol. The van der Waals surface area contributed by atoms with E-state index in [4.69, 9.17) is 16.7 Å². The van der Waals surface area contributed by atoms with Gasteiger partial charge < -0.3 is 10.0 Å². The Morgan fingerprint density at radius 2 is 2.05 bits per heavy atom. The Hall–Kier alpha value is -0.710. The molecular formula is C14H18ClNO2S. The molecule has 1 aromatic carbocycles. The number of aliphatic hydroxyl groups is 1. The van der Waals surface area contributed by atoms with Gasteiger partial charge in [-0.3, -0.25) is 4.79 Å². The van der Waals surface area contributed by atoms with E-state index in [1.807, 2.05) is 29.2 Å². The molecule has 0 aromatic heterocycles. The number of hydrogen-bond donors (Lipinski definition) is 1. The Balaban J connectivity index is 1.75. The Morgan fingerprint density at radius 1 is 1.37 bits per heavy atom. The number of benzene rings is 1. The van der Waals surface area contributed by atoms with Gasteiger partial charge in [-0.25, -0.2) is 0 Å². The standard InChI is InChI=1S/C14H18ClNO2S/c15-11-1-5-13(6-2-11)19-10-7-14(18)16(8-9-17)12-3-4-12/h1-2,5-6,12,17H,3-4,7-10H2. The summed E-state index contributed by atoms with van der Waals surface area (Å²) >= 11 is 7.48. The van der Waals surface area contributed by atoms with Gasteiger partial charge in [-0.2, -0.15) is 0 Å². The average molecular weight is 300 g/mol. The second-order valence-electron chi connectivity index (χ2n) is 4.59. The molecule has 1 aliphatic carbocycles. The van der Waals surface area contributed by atoms with Crippen molar-refractivity contribution in [2.75, 3.05) is 18.9 Å². The van der Waals surface area contributed by atoms with Crippen molar-refractivity contribution in [3.63, 3.8) is 0 Å². The second-order valence-corrected chi connectivity index (χ2v) is 6.20. The summed E-state index contributed by atoms with van der Waals surface area (Å²) in [6, 6.07) is 8.01. The number of halogens is 1. The summed E-state index contributed by atoms with van der Waals surface area (Å²) in [5, 5.41) is 9.71. The van der Waals surface area contributed by atoms with Crippen LogP contribution in [0.1, 0.15) is 19.3 Å². The molecule has 2 rings (SSSR count). The van der Waals surface area contributed by atoms with Crippen LogP contribution in [-0.4, -0.2) is 40.9 Å². The maximum atomic E-state index is 12.0. The van der Waals surface area contributed by atoms with E-state index in [1.165, 1.54) is 0 Å². The summed E-state index contributed by atoms with van der Waals surface area (Å²) in [6.07, 6.45) is 2.68. The van der Waals surface area contributed by atoms with E-state index >= 15 is 0 Å². The SMILES string of the molecule is O=C(CCSc1ccc(Cl)cc1)N(CCO)C1CC1. The molecular weight excluding hydrogens is 282 g/mol. The summed E-state index contributed by atoms with van der Waals surface area (Å²) in [5.41, 5.74) is 0. The van der Waals surface area contributed by atoms with E-state index in [-0.39, 0.29) is 12.5 Å². The van der Waals surface area contributed by atoms with Crippen LogP contribution in [0.25, 0.3) is 0 Å². The first-order valence-electron chi connectivity index (χ1n) is 6.49. The van der Waals surface area contributed by atoms with E-state index in [0.717, 1.165) is 28.5 Å². The molecule has 0 atom stereocenters. The van der Waals surface area contributed by atoms with E-state index in [1.54, 1.807) is 11.8 Å². The summed E-state index contributed by atoms with van der Waals surface area (Å²) in [5.74, 6) is 0.910. The van der Waals surface area contributed by atoms with Crippen molar-refractivity contribution >= 4 is 29.3 Å². The minimum atomic E-state index is 0.0482. The number of carbonyl (C=O) groups is 1. The normalized spacial score (nSPS) is 14.4. The van der Waals surface area contributed by atoms with Crippen molar-refractivity contribution in [1.82, 2.24) is 4.90 Å². The summed E-state index contributed by atoms with van der Waals surface area (Å²) in [4.78, 5) is 15.0. The molecule has 104 valence electrons. The molecule has 5 heteroatoms. The number of nitrogens with zero attached hydrogens (tertiary/aromatic N) is 1. The molecule has 1 aliphatic rings. The van der Waals surface area contributed by atoms with Crippen molar-refractivity contribution in [3.8, 4) is 0 Å². The Labute approximate surface area is 122 Å². The largest absolute Gasteiger partial charge is 0.395 e. The molecule has 0 unspecified atom stereocenters. The van der Waals surface area contributed by atoms with Crippen molar-refractivity contribution < 1.29 is 9.90 Å². The number of rotatable bonds is 7. The molecule has 1 fully saturated rings. The highest BCUT2D eigenvalue weighted by molar-refractivity contribution is 7.99. The van der Waals surface area contributed by atoms with Gasteiger partial charge in [0, 0.05) is 34.7 Å². The highest BCUT2D eigenvalue weighted by atomic mass is 35.5. The third-order valence-corrected chi connectivity index (χ3v) is 4.31. The lowest BCUT2D eigenvalue weighted by Gasteiger charge is -2.21. The summed E-state index contributed by atoms with van der Waals surface area (Å²) in [7, 11) is 0. The highest BCUT2D eigenvalue weighted by Crippen LogP contribution is 2.28. The van der Waals surface area contributed by atoms with E-state index in [9.17, 15) is 4.79 Å². The van der Waals surface area contributed by atoms with Gasteiger partial charge in [-0.1, -0.05) is 11.6 Å². The van der Waals surface area contributed by atoms with Crippen molar-refractivity contribution in [1.29, 1.82) is 0 Å². The Bertz CT molecular complexity index is 420. The van der Waals surface area contributed by atoms with Crippen LogP contribution in [0, 0.1) is 0 Å². The third-order valence-electron chi connectivity index (χ3n) is 3.05. The van der Waals surface area contributed by atoms with Gasteiger partial charge in [0.2, 0.25) is 5.91 Å². The first-order valence-corrected chi connectivity index (χ1v) is 7.86. The van der Waals surface area contributed by atoms with Crippen LogP contribution >= 0.6 is 23.4 Å². The molecule has 1 saturated carbocycles. The molecule has 19 heavy (non-hydrogen) atoms. The second kappa shape index (κ2) is 7.17. The van der Waals surface area contributed by atoms with Crippen molar-refractivity contribution in [3.05, 3.63) is 29.3 Å². The van der Waals surface area contributed by atoms with Crippen LogP contribution in [0.15, 0.2) is 29.2 Å². The average Bonchev–Trinajstić information content (AvgIpc) is 3.22. The van der Waals surface area contributed by atoms with Crippen LogP contribution < -0.4 is 0 Å². The molecule has 0 radical (unpaired) electrons. The summed E-state index contributed by atoms with van der Waals surface area (Å²) < 4.78 is 0. The van der Waals surface area contributed by atoms with E-state index < -0.39 is 0 Å². The van der Waals surface area contributed by atoms with Crippen LogP contribution in [0.5, 0.6) is 0 Å². The van der Waals surface area contributed by atoms with Gasteiger partial charge in [0.25, 0.3) is 0 Å². The smallest absolute Gasteiger partial charge is 0.223 e. The number of carbonyl (C=O) groups excluding carboxylic acids is 1. The molecule has 0 saturated heterocycles. The lowest BCUT2D eigenvalue weighted by atomic mass is 10.3. The van der Waals surface area contributed by atoms with Gasteiger partial charge >= 0.3 is 0 Å². The van der Waals surface area contributed by atoms with Crippen LogP contribution in [-0.2, 0) is 4.79 Å². The molecule has 3 nitrogen and oxygen atoms in total. The first-order chi connectivity index (χ1) is 9.20. The van der Waals surface area contributed by atoms with Gasteiger partial charge in [0.15, 0.2) is 0 Å². The van der Waals surface area contributed by atoms with Gasteiger partial charge in [0.1, 0.15) is 0 Å². The third kappa shape index (κ3) is 4.71. The van der Waals surface area contributed by atoms with Gasteiger partial charge in [-0.15, -0.1) is 11.8 Å². The van der Waals surface area contributed by atoms with Crippen LogP contribution in [0.3, 0.4) is 0 Å². The van der Waals surface area contributed by atoms with Crippen molar-refractivity contribution in [2.45, 2.75) is 30.2 Å². The van der Waals surface area contributed by atoms with E-state index in [0.29, 0.717) is 19.0 Å². The number of hydrogen-bond acceptors (Lipinski definition) is 3. The first kappa shape index (κ1) is 14.7. The topological polar surface area (TPSA) is 40.5 Å². The fraction of sp³-hybridized carbons (Fsp3) is 0.500. The zero-order chi connectivity index (χ0) is 13.7. The van der Waals surface area contributed by atoms with E-state index in [2.05, 4.69) is 0 Å². The molecule has 1 aromatic rings. The molecule has 1 amide bonds. The number of thioether (sulfide) groups is 1. The van der Waals surface area contributed by atoms with Gasteiger partial charge in [-0.05, 0) is 37.1 Å². The summed E-state index contributed by atoms with van der Waals surface area (Å²) in [6.45, 7) is 0.516. The lowest BCUT2D eigenvalue weighted by Crippen LogP contribution is -2.35. The zero-order valence-corrected chi connectivity index (χ0v) is 12.3. The van der Waals surface area contributed by atoms with Crippen LogP contribution in [0.4, 0.5) is 0 Å². The quantitative estimate of drug-likeness (QED) is 0.787. The minimum Gasteiger partial charge on any atom is -0.395 e. The van der Waals surface area contributed by atoms with Crippen LogP contribution in [0.2, 0.25) is 5.02 Å². The maximum Gasteiger partial charge on any atom is 0.223 e. The minimum absolute atomic E-state index is 0.0482. The van der Waals surface area contributed by atoms with Gasteiger partial charge in [0.05, 0.1) is 6.61 Å². The fourth-order valence-corrected chi connectivity index (χ4v) is 2.90. The van der Waals surface area contributed by atoms with Crippen molar-refractivity contribution in [2.24, 2.45) is 0 Å². The fourth-order valence-electron chi connectivity index (χ4n) is 1.94. The molecule has 0 spiro atoms. The Kier molecular flexibility index (Phi) is 5.55. The number of amides is 1. The maximum absolute atomic E-state index is 12.0. The molecule has 0 heterocycles. The lowest BCUT2D eigenvalue weighted by molar-refractivity contribution is -0.131.